The van der Waals surface area contributed by atoms with Crippen LogP contribution in [0.5, 0.6) is 11.5 Å². The van der Waals surface area contributed by atoms with Gasteiger partial charge in [0.05, 0.1) is 14.2 Å². The van der Waals surface area contributed by atoms with E-state index in [1.54, 1.807) is 24.8 Å². The number of carbonyl (C=O) groups excluding carboxylic acids is 1. The van der Waals surface area contributed by atoms with Gasteiger partial charge in [0.2, 0.25) is 5.95 Å². The highest BCUT2D eigenvalue weighted by Gasteiger charge is 2.09. The number of ether oxygens (including phenoxy) is 2. The van der Waals surface area contributed by atoms with E-state index in [-0.39, 0.29) is 6.03 Å². The lowest BCUT2D eigenvalue weighted by molar-refractivity contribution is 0.252. The molecule has 0 saturated heterocycles. The maximum atomic E-state index is 12.0. The largest absolute Gasteiger partial charge is 0.493 e. The van der Waals surface area contributed by atoms with Gasteiger partial charge in [0.15, 0.2) is 17.1 Å². The molecule has 0 fully saturated rings. The number of hydrogen-bond acceptors (Lipinski definition) is 5. The minimum atomic E-state index is -0.335. The SMILES string of the molecule is COc1ccc(CCNC(=O)Nc2nnc3ccccn23)cc1OC. The van der Waals surface area contributed by atoms with E-state index >= 15 is 0 Å². The van der Waals surface area contributed by atoms with Crippen LogP contribution in [-0.4, -0.2) is 41.4 Å². The van der Waals surface area contributed by atoms with Crippen molar-refractivity contribution in [1.29, 1.82) is 0 Å². The first-order chi connectivity index (χ1) is 12.2. The number of aromatic nitrogens is 3. The van der Waals surface area contributed by atoms with Crippen LogP contribution < -0.4 is 20.1 Å². The predicted molar refractivity (Wildman–Crippen MR) is 93.3 cm³/mol. The molecule has 2 aromatic heterocycles. The van der Waals surface area contributed by atoms with E-state index < -0.39 is 0 Å². The van der Waals surface area contributed by atoms with Gasteiger partial charge in [-0.15, -0.1) is 10.2 Å². The fraction of sp³-hybridized carbons (Fsp3) is 0.235. The smallest absolute Gasteiger partial charge is 0.321 e. The molecule has 3 aromatic rings. The average molecular weight is 341 g/mol. The Kier molecular flexibility index (Phi) is 4.98. The molecule has 0 radical (unpaired) electrons. The molecular formula is C17H19N5O3. The van der Waals surface area contributed by atoms with Crippen LogP contribution in [0.25, 0.3) is 5.65 Å². The van der Waals surface area contributed by atoms with Gasteiger partial charge in [0.25, 0.3) is 0 Å². The molecule has 0 bridgehead atoms. The normalized spacial score (nSPS) is 10.5. The summed E-state index contributed by atoms with van der Waals surface area (Å²) in [5.41, 5.74) is 1.70. The lowest BCUT2D eigenvalue weighted by atomic mass is 10.1. The van der Waals surface area contributed by atoms with Crippen molar-refractivity contribution in [2.24, 2.45) is 0 Å². The zero-order valence-electron chi connectivity index (χ0n) is 14.0. The molecule has 2 heterocycles. The van der Waals surface area contributed by atoms with Gasteiger partial charge < -0.3 is 14.8 Å². The Balaban J connectivity index is 1.54. The molecule has 130 valence electrons. The fourth-order valence-corrected chi connectivity index (χ4v) is 2.43. The molecule has 25 heavy (non-hydrogen) atoms. The van der Waals surface area contributed by atoms with Crippen LogP contribution in [0, 0.1) is 0 Å². The van der Waals surface area contributed by atoms with Crippen LogP contribution in [0.2, 0.25) is 0 Å². The third-order valence-electron chi connectivity index (χ3n) is 3.69. The van der Waals surface area contributed by atoms with Gasteiger partial charge in [-0.3, -0.25) is 9.72 Å². The van der Waals surface area contributed by atoms with E-state index in [9.17, 15) is 4.79 Å². The van der Waals surface area contributed by atoms with Crippen molar-refractivity contribution >= 4 is 17.6 Å². The number of pyridine rings is 1. The molecule has 0 aliphatic heterocycles. The van der Waals surface area contributed by atoms with E-state index in [2.05, 4.69) is 20.8 Å². The van der Waals surface area contributed by atoms with Crippen LogP contribution in [0.4, 0.5) is 10.7 Å². The monoisotopic (exact) mass is 341 g/mol. The second-order valence-electron chi connectivity index (χ2n) is 5.27. The maximum Gasteiger partial charge on any atom is 0.321 e. The Morgan fingerprint density at radius 3 is 2.76 bits per heavy atom. The van der Waals surface area contributed by atoms with Crippen molar-refractivity contribution in [3.63, 3.8) is 0 Å². The number of amides is 2. The van der Waals surface area contributed by atoms with Gasteiger partial charge in [0, 0.05) is 12.7 Å². The van der Waals surface area contributed by atoms with Gasteiger partial charge in [0.1, 0.15) is 0 Å². The molecule has 3 rings (SSSR count). The van der Waals surface area contributed by atoms with Crippen LogP contribution in [0.15, 0.2) is 42.6 Å². The summed E-state index contributed by atoms with van der Waals surface area (Å²) in [5, 5.41) is 13.4. The lowest BCUT2D eigenvalue weighted by Gasteiger charge is -2.10. The second-order valence-corrected chi connectivity index (χ2v) is 5.27. The van der Waals surface area contributed by atoms with E-state index in [0.717, 1.165) is 5.56 Å². The highest BCUT2D eigenvalue weighted by Crippen LogP contribution is 2.27. The summed E-state index contributed by atoms with van der Waals surface area (Å²) in [5.74, 6) is 1.72. The van der Waals surface area contributed by atoms with Crippen molar-refractivity contribution in [2.75, 3.05) is 26.1 Å². The summed E-state index contributed by atoms with van der Waals surface area (Å²) >= 11 is 0. The Labute approximate surface area is 144 Å². The molecule has 2 amide bonds. The minimum Gasteiger partial charge on any atom is -0.493 e. The maximum absolute atomic E-state index is 12.0. The summed E-state index contributed by atoms with van der Waals surface area (Å²) in [4.78, 5) is 12.0. The molecule has 8 heteroatoms. The summed E-state index contributed by atoms with van der Waals surface area (Å²) in [6.07, 6.45) is 2.45. The number of methoxy groups -OCH3 is 2. The van der Waals surface area contributed by atoms with Crippen LogP contribution in [0.1, 0.15) is 5.56 Å². The summed E-state index contributed by atoms with van der Waals surface area (Å²) in [7, 11) is 3.19. The standard InChI is InChI=1S/C17H19N5O3/c1-24-13-7-6-12(11-14(13)25-2)8-9-18-17(23)19-16-21-20-15-5-3-4-10-22(15)16/h3-7,10-11H,8-9H2,1-2H3,(H2,18,19,21,23). The van der Waals surface area contributed by atoms with Gasteiger partial charge in [-0.25, -0.2) is 4.79 Å². The Morgan fingerprint density at radius 1 is 1.12 bits per heavy atom. The number of nitrogens with one attached hydrogen (secondary N) is 2. The summed E-state index contributed by atoms with van der Waals surface area (Å²) < 4.78 is 12.2. The molecular weight excluding hydrogens is 322 g/mol. The number of rotatable bonds is 6. The van der Waals surface area contributed by atoms with Gasteiger partial charge in [-0.2, -0.15) is 0 Å². The zero-order valence-corrected chi connectivity index (χ0v) is 14.0. The third kappa shape index (κ3) is 3.79. The average Bonchev–Trinajstić information content (AvgIpc) is 3.04. The zero-order chi connectivity index (χ0) is 17.6. The first-order valence-electron chi connectivity index (χ1n) is 7.77. The molecule has 2 N–H and O–H groups in total. The fourth-order valence-electron chi connectivity index (χ4n) is 2.43. The number of fused-ring (bicyclic) bond motifs is 1. The molecule has 0 aliphatic carbocycles. The van der Waals surface area contributed by atoms with Gasteiger partial charge in [-0.05, 0) is 36.2 Å². The van der Waals surface area contributed by atoms with Gasteiger partial charge >= 0.3 is 6.03 Å². The molecule has 8 nitrogen and oxygen atoms in total. The summed E-state index contributed by atoms with van der Waals surface area (Å²) in [6, 6.07) is 10.9. The second kappa shape index (κ2) is 7.52. The first-order valence-corrected chi connectivity index (χ1v) is 7.77. The minimum absolute atomic E-state index is 0.335. The van der Waals surface area contributed by atoms with Crippen LogP contribution in [0.3, 0.4) is 0 Å². The highest BCUT2D eigenvalue weighted by molar-refractivity contribution is 5.87. The van der Waals surface area contributed by atoms with E-state index in [1.165, 1.54) is 0 Å². The van der Waals surface area contributed by atoms with Crippen LogP contribution in [-0.2, 0) is 6.42 Å². The van der Waals surface area contributed by atoms with E-state index in [4.69, 9.17) is 9.47 Å². The highest BCUT2D eigenvalue weighted by atomic mass is 16.5. The van der Waals surface area contributed by atoms with Crippen molar-refractivity contribution < 1.29 is 14.3 Å². The quantitative estimate of drug-likeness (QED) is 0.717. The number of urea groups is 1. The molecule has 0 atom stereocenters. The predicted octanol–water partition coefficient (Wildman–Crippen LogP) is 2.11. The van der Waals surface area contributed by atoms with Crippen molar-refractivity contribution in [3.05, 3.63) is 48.2 Å². The Morgan fingerprint density at radius 2 is 1.96 bits per heavy atom. The topological polar surface area (TPSA) is 89.8 Å². The third-order valence-corrected chi connectivity index (χ3v) is 3.69. The van der Waals surface area contributed by atoms with Gasteiger partial charge in [-0.1, -0.05) is 12.1 Å². The lowest BCUT2D eigenvalue weighted by Crippen LogP contribution is -2.31. The number of nitrogens with zero attached hydrogens (tertiary/aromatic N) is 3. The van der Waals surface area contributed by atoms with Crippen molar-refractivity contribution in [1.82, 2.24) is 19.9 Å². The van der Waals surface area contributed by atoms with Crippen LogP contribution >= 0.6 is 0 Å². The molecule has 1 aromatic carbocycles. The molecule has 0 spiro atoms. The van der Waals surface area contributed by atoms with Crippen molar-refractivity contribution in [3.8, 4) is 11.5 Å². The number of anilines is 1. The first kappa shape index (κ1) is 16.6. The van der Waals surface area contributed by atoms with Crippen molar-refractivity contribution in [2.45, 2.75) is 6.42 Å². The Hall–Kier alpha value is -3.29. The Bertz CT molecular complexity index is 878. The molecule has 0 unspecified atom stereocenters. The molecule has 0 saturated carbocycles. The van der Waals surface area contributed by atoms with E-state index in [1.807, 2.05) is 36.4 Å². The number of benzene rings is 1. The van der Waals surface area contributed by atoms with E-state index in [0.29, 0.717) is 36.1 Å². The molecule has 0 aliphatic rings. The number of hydrogen-bond donors (Lipinski definition) is 2. The summed E-state index contributed by atoms with van der Waals surface area (Å²) in [6.45, 7) is 0.470. The number of carbonyl (C=O) groups is 1.